The highest BCUT2D eigenvalue weighted by atomic mass is 19.1. The normalized spacial score (nSPS) is 10.7. The Kier molecular flexibility index (Phi) is 3.51. The van der Waals surface area contributed by atoms with Crippen LogP contribution in [0.15, 0.2) is 42.5 Å². The maximum Gasteiger partial charge on any atom is 0.146 e. The molecule has 3 heteroatoms. The predicted molar refractivity (Wildman–Crippen MR) is 72.0 cm³/mol. The summed E-state index contributed by atoms with van der Waals surface area (Å²) in [6.07, 6.45) is 0.102. The molecule has 0 radical (unpaired) electrons. The lowest BCUT2D eigenvalue weighted by Crippen LogP contribution is -2.05. The van der Waals surface area contributed by atoms with Gasteiger partial charge in [0.25, 0.3) is 0 Å². The Morgan fingerprint density at radius 1 is 1.11 bits per heavy atom. The van der Waals surface area contributed by atoms with Crippen molar-refractivity contribution >= 4 is 5.69 Å². The second kappa shape index (κ2) is 5.08. The molecular formula is C15H16FNO. The topological polar surface area (TPSA) is 35.2 Å². The third kappa shape index (κ3) is 2.62. The van der Waals surface area contributed by atoms with E-state index < -0.39 is 5.82 Å². The summed E-state index contributed by atoms with van der Waals surface area (Å²) in [7, 11) is 0. The van der Waals surface area contributed by atoms with Gasteiger partial charge in [0, 0.05) is 5.56 Å². The van der Waals surface area contributed by atoms with Gasteiger partial charge in [-0.05, 0) is 37.6 Å². The van der Waals surface area contributed by atoms with Crippen molar-refractivity contribution in [2.75, 3.05) is 5.73 Å². The zero-order chi connectivity index (χ0) is 13.1. The first-order valence-corrected chi connectivity index (χ1v) is 5.89. The van der Waals surface area contributed by atoms with E-state index in [1.165, 1.54) is 6.07 Å². The Morgan fingerprint density at radius 3 is 2.56 bits per heavy atom. The summed E-state index contributed by atoms with van der Waals surface area (Å²) in [5, 5.41) is 0. The number of hydrogen-bond donors (Lipinski definition) is 1. The second-order valence-electron chi connectivity index (χ2n) is 4.40. The molecule has 0 aromatic heterocycles. The van der Waals surface area contributed by atoms with Gasteiger partial charge in [-0.1, -0.05) is 24.3 Å². The molecule has 0 aliphatic carbocycles. The zero-order valence-corrected chi connectivity index (χ0v) is 10.5. The van der Waals surface area contributed by atoms with E-state index in [1.807, 2.05) is 38.1 Å². The van der Waals surface area contributed by atoms with Crippen molar-refractivity contribution in [2.24, 2.45) is 0 Å². The van der Waals surface area contributed by atoms with Crippen LogP contribution in [0.3, 0.4) is 0 Å². The van der Waals surface area contributed by atoms with Crippen molar-refractivity contribution in [2.45, 2.75) is 20.0 Å². The molecule has 2 rings (SSSR count). The molecule has 2 nitrogen and oxygen atoms in total. The minimum absolute atomic E-state index is 0.102. The quantitative estimate of drug-likeness (QED) is 0.833. The average molecular weight is 245 g/mol. The third-order valence-electron chi connectivity index (χ3n) is 2.57. The fourth-order valence-electron chi connectivity index (χ4n) is 1.80. The highest BCUT2D eigenvalue weighted by molar-refractivity contribution is 5.77. The number of hydrogen-bond acceptors (Lipinski definition) is 2. The van der Waals surface area contributed by atoms with Gasteiger partial charge in [0.2, 0.25) is 0 Å². The Hall–Kier alpha value is -2.03. The molecule has 0 atom stereocenters. The molecule has 94 valence electrons. The molecule has 2 N–H and O–H groups in total. The molecule has 0 fully saturated rings. The Bertz CT molecular complexity index is 552. The number of nitrogens with two attached hydrogens (primary N) is 1. The number of benzene rings is 2. The predicted octanol–water partition coefficient (Wildman–Crippen LogP) is 3.86. The van der Waals surface area contributed by atoms with Crippen LogP contribution in [0.1, 0.15) is 13.8 Å². The lowest BCUT2D eigenvalue weighted by atomic mass is 10.0. The first kappa shape index (κ1) is 12.4. The van der Waals surface area contributed by atoms with Gasteiger partial charge in [0.1, 0.15) is 11.6 Å². The van der Waals surface area contributed by atoms with Crippen molar-refractivity contribution in [3.8, 4) is 16.9 Å². The van der Waals surface area contributed by atoms with Crippen molar-refractivity contribution < 1.29 is 9.13 Å². The number of anilines is 1. The van der Waals surface area contributed by atoms with Gasteiger partial charge in [-0.2, -0.15) is 0 Å². The van der Waals surface area contributed by atoms with Gasteiger partial charge in [-0.15, -0.1) is 0 Å². The van der Waals surface area contributed by atoms with E-state index in [2.05, 4.69) is 0 Å². The summed E-state index contributed by atoms with van der Waals surface area (Å²) in [5.41, 5.74) is 7.45. The molecule has 0 unspecified atom stereocenters. The maximum atomic E-state index is 13.4. The average Bonchev–Trinajstić information content (AvgIpc) is 2.32. The van der Waals surface area contributed by atoms with E-state index in [9.17, 15) is 4.39 Å². The van der Waals surface area contributed by atoms with E-state index >= 15 is 0 Å². The summed E-state index contributed by atoms with van der Waals surface area (Å²) in [6, 6.07) is 12.3. The fourth-order valence-corrected chi connectivity index (χ4v) is 1.80. The van der Waals surface area contributed by atoms with Crippen molar-refractivity contribution in [3.63, 3.8) is 0 Å². The van der Waals surface area contributed by atoms with Crippen LogP contribution in [0.2, 0.25) is 0 Å². The van der Waals surface area contributed by atoms with Gasteiger partial charge in [0.05, 0.1) is 11.8 Å². The van der Waals surface area contributed by atoms with Gasteiger partial charge in [0.15, 0.2) is 0 Å². The molecule has 18 heavy (non-hydrogen) atoms. The molecule has 0 bridgehead atoms. The van der Waals surface area contributed by atoms with E-state index in [1.54, 1.807) is 12.1 Å². The summed E-state index contributed by atoms with van der Waals surface area (Å²) < 4.78 is 19.0. The largest absolute Gasteiger partial charge is 0.491 e. The van der Waals surface area contributed by atoms with Gasteiger partial charge < -0.3 is 10.5 Å². The molecule has 0 amide bonds. The van der Waals surface area contributed by atoms with E-state index in [-0.39, 0.29) is 11.8 Å². The van der Waals surface area contributed by atoms with Crippen molar-refractivity contribution in [1.82, 2.24) is 0 Å². The van der Waals surface area contributed by atoms with Crippen LogP contribution in [-0.2, 0) is 0 Å². The first-order chi connectivity index (χ1) is 8.58. The molecular weight excluding hydrogens is 229 g/mol. The smallest absolute Gasteiger partial charge is 0.146 e. The summed E-state index contributed by atoms with van der Waals surface area (Å²) in [6.45, 7) is 3.92. The molecule has 0 saturated heterocycles. The molecule has 0 spiro atoms. The molecule has 0 heterocycles. The minimum atomic E-state index is -0.400. The Labute approximate surface area is 106 Å². The van der Waals surface area contributed by atoms with Gasteiger partial charge in [-0.3, -0.25) is 0 Å². The van der Waals surface area contributed by atoms with Crippen LogP contribution >= 0.6 is 0 Å². The lowest BCUT2D eigenvalue weighted by molar-refractivity contribution is 0.242. The number of ether oxygens (including phenoxy) is 1. The zero-order valence-electron chi connectivity index (χ0n) is 10.5. The highest BCUT2D eigenvalue weighted by Gasteiger charge is 2.07. The van der Waals surface area contributed by atoms with E-state index in [4.69, 9.17) is 10.5 Å². The van der Waals surface area contributed by atoms with Crippen LogP contribution in [0.4, 0.5) is 10.1 Å². The molecule has 2 aromatic carbocycles. The highest BCUT2D eigenvalue weighted by Crippen LogP contribution is 2.30. The van der Waals surface area contributed by atoms with Crippen LogP contribution < -0.4 is 10.5 Å². The lowest BCUT2D eigenvalue weighted by Gasteiger charge is -2.12. The van der Waals surface area contributed by atoms with Gasteiger partial charge >= 0.3 is 0 Å². The monoisotopic (exact) mass is 245 g/mol. The van der Waals surface area contributed by atoms with Crippen molar-refractivity contribution in [1.29, 1.82) is 0 Å². The summed E-state index contributed by atoms with van der Waals surface area (Å²) in [4.78, 5) is 0. The standard InChI is InChI=1S/C15H16FNO/c1-10(2)18-12-6-3-5-11(9-12)13-7-4-8-14(16)15(13)17/h3-10H,17H2,1-2H3. The van der Waals surface area contributed by atoms with Crippen molar-refractivity contribution in [3.05, 3.63) is 48.3 Å². The Balaban J connectivity index is 2.41. The van der Waals surface area contributed by atoms with E-state index in [0.717, 1.165) is 11.3 Å². The Morgan fingerprint density at radius 2 is 1.83 bits per heavy atom. The van der Waals surface area contributed by atoms with Gasteiger partial charge in [-0.25, -0.2) is 4.39 Å². The van der Waals surface area contributed by atoms with Crippen LogP contribution in [0.25, 0.3) is 11.1 Å². The number of halogens is 1. The van der Waals surface area contributed by atoms with Crippen LogP contribution in [-0.4, -0.2) is 6.10 Å². The van der Waals surface area contributed by atoms with E-state index in [0.29, 0.717) is 5.56 Å². The second-order valence-corrected chi connectivity index (χ2v) is 4.40. The SMILES string of the molecule is CC(C)Oc1cccc(-c2cccc(F)c2N)c1. The first-order valence-electron chi connectivity index (χ1n) is 5.89. The fraction of sp³-hybridized carbons (Fsp3) is 0.200. The molecule has 0 saturated carbocycles. The minimum Gasteiger partial charge on any atom is -0.491 e. The number of para-hydroxylation sites is 1. The van der Waals surface area contributed by atoms with Crippen LogP contribution in [0.5, 0.6) is 5.75 Å². The molecule has 0 aliphatic heterocycles. The van der Waals surface area contributed by atoms with Crippen LogP contribution in [0, 0.1) is 5.82 Å². The number of rotatable bonds is 3. The molecule has 0 aliphatic rings. The number of nitrogen functional groups attached to an aromatic ring is 1. The summed E-state index contributed by atoms with van der Waals surface area (Å²) >= 11 is 0. The third-order valence-corrected chi connectivity index (χ3v) is 2.57. The summed E-state index contributed by atoms with van der Waals surface area (Å²) in [5.74, 6) is 0.355. The molecule has 2 aromatic rings. The maximum absolute atomic E-state index is 13.4.